The number of rotatable bonds is 6. The van der Waals surface area contributed by atoms with Crippen molar-refractivity contribution >= 4 is 37.8 Å². The zero-order valence-corrected chi connectivity index (χ0v) is 14.6. The van der Waals surface area contributed by atoms with Crippen molar-refractivity contribution in [1.29, 1.82) is 0 Å². The van der Waals surface area contributed by atoms with E-state index in [0.29, 0.717) is 5.75 Å². The maximum absolute atomic E-state index is 11.7. The third-order valence-electron chi connectivity index (χ3n) is 2.62. The molecule has 5 heteroatoms. The fourth-order valence-electron chi connectivity index (χ4n) is 1.78. The van der Waals surface area contributed by atoms with Crippen LogP contribution in [0.2, 0.25) is 0 Å². The normalized spacial score (nSPS) is 12.1. The first-order valence-corrected chi connectivity index (χ1v) is 7.90. The average Bonchev–Trinajstić information content (AvgIpc) is 2.27. The summed E-state index contributed by atoms with van der Waals surface area (Å²) in [7, 11) is 0. The molecule has 1 aromatic carbocycles. The lowest BCUT2D eigenvalue weighted by Crippen LogP contribution is -2.36. The minimum atomic E-state index is -0.0969. The molecular weight excluding hydrogens is 374 g/mol. The van der Waals surface area contributed by atoms with Gasteiger partial charge in [-0.1, -0.05) is 13.3 Å². The van der Waals surface area contributed by atoms with Crippen molar-refractivity contribution in [2.45, 2.75) is 39.7 Å². The summed E-state index contributed by atoms with van der Waals surface area (Å²) in [5.74, 6) is 0.559. The molecule has 0 radical (unpaired) electrons. The highest BCUT2D eigenvalue weighted by molar-refractivity contribution is 9.11. The predicted molar refractivity (Wildman–Crippen MR) is 84.6 cm³/mol. The van der Waals surface area contributed by atoms with Gasteiger partial charge in [0.2, 0.25) is 0 Å². The Bertz CT molecular complexity index is 426. The molecule has 0 heterocycles. The smallest absolute Gasteiger partial charge is 0.258 e. The van der Waals surface area contributed by atoms with E-state index >= 15 is 0 Å². The van der Waals surface area contributed by atoms with Gasteiger partial charge >= 0.3 is 0 Å². The molecule has 0 bridgehead atoms. The van der Waals surface area contributed by atoms with Crippen molar-refractivity contribution in [2.75, 3.05) is 6.61 Å². The molecule has 19 heavy (non-hydrogen) atoms. The Morgan fingerprint density at radius 2 is 1.95 bits per heavy atom. The van der Waals surface area contributed by atoms with Crippen molar-refractivity contribution in [3.8, 4) is 5.75 Å². The lowest BCUT2D eigenvalue weighted by molar-refractivity contribution is -0.123. The van der Waals surface area contributed by atoms with Crippen LogP contribution < -0.4 is 10.1 Å². The van der Waals surface area contributed by atoms with E-state index in [-0.39, 0.29) is 18.6 Å². The number of amides is 1. The molecule has 0 saturated carbocycles. The minimum absolute atomic E-state index is 0.0221. The van der Waals surface area contributed by atoms with Gasteiger partial charge in [0.15, 0.2) is 6.61 Å². The van der Waals surface area contributed by atoms with Crippen LogP contribution >= 0.6 is 31.9 Å². The number of nitrogens with one attached hydrogen (secondary N) is 1. The first-order valence-electron chi connectivity index (χ1n) is 6.31. The molecule has 0 saturated heterocycles. The van der Waals surface area contributed by atoms with Gasteiger partial charge in [0, 0.05) is 6.04 Å². The van der Waals surface area contributed by atoms with E-state index in [1.165, 1.54) is 0 Å². The Labute approximate surface area is 131 Å². The molecule has 0 spiro atoms. The second-order valence-electron chi connectivity index (χ2n) is 4.60. The van der Waals surface area contributed by atoms with Gasteiger partial charge in [0.05, 0.1) is 8.95 Å². The summed E-state index contributed by atoms with van der Waals surface area (Å²) in [5.41, 5.74) is 1.12. The number of halogens is 2. The number of benzene rings is 1. The molecular formula is C14H19Br2NO2. The van der Waals surface area contributed by atoms with Gasteiger partial charge in [-0.3, -0.25) is 4.79 Å². The molecule has 0 unspecified atom stereocenters. The van der Waals surface area contributed by atoms with Crippen LogP contribution in [0.15, 0.2) is 21.1 Å². The standard InChI is InChI=1S/C14H19Br2NO2/c1-4-5-10(3)17-13(18)8-19-14-11(15)6-9(2)7-12(14)16/h6-7,10H,4-5,8H2,1-3H3,(H,17,18)/t10-/m1/s1. The molecule has 106 valence electrons. The van der Waals surface area contributed by atoms with E-state index in [0.717, 1.165) is 27.4 Å². The number of carbonyl (C=O) groups excluding carboxylic acids is 1. The second-order valence-corrected chi connectivity index (χ2v) is 6.31. The Morgan fingerprint density at radius 3 is 2.47 bits per heavy atom. The van der Waals surface area contributed by atoms with Crippen LogP contribution in [0.1, 0.15) is 32.3 Å². The van der Waals surface area contributed by atoms with E-state index in [9.17, 15) is 4.79 Å². The fraction of sp³-hybridized carbons (Fsp3) is 0.500. The molecule has 0 aliphatic heterocycles. The maximum Gasteiger partial charge on any atom is 0.258 e. The third kappa shape index (κ3) is 5.53. The molecule has 0 aliphatic rings. The largest absolute Gasteiger partial charge is 0.481 e. The van der Waals surface area contributed by atoms with Crippen LogP contribution in [0.5, 0.6) is 5.75 Å². The summed E-state index contributed by atoms with van der Waals surface area (Å²) in [6, 6.07) is 4.10. The van der Waals surface area contributed by atoms with E-state index in [4.69, 9.17) is 4.74 Å². The van der Waals surface area contributed by atoms with E-state index in [1.54, 1.807) is 0 Å². The maximum atomic E-state index is 11.7. The molecule has 1 amide bonds. The van der Waals surface area contributed by atoms with Crippen LogP contribution in [0, 0.1) is 6.92 Å². The van der Waals surface area contributed by atoms with Gasteiger partial charge in [0.25, 0.3) is 5.91 Å². The fourth-order valence-corrected chi connectivity index (χ4v) is 3.43. The Balaban J connectivity index is 2.55. The minimum Gasteiger partial charge on any atom is -0.481 e. The Kier molecular flexibility index (Phi) is 6.86. The van der Waals surface area contributed by atoms with Crippen LogP contribution in [-0.4, -0.2) is 18.6 Å². The highest BCUT2D eigenvalue weighted by atomic mass is 79.9. The molecule has 0 aromatic heterocycles. The lowest BCUT2D eigenvalue weighted by Gasteiger charge is -2.14. The van der Waals surface area contributed by atoms with Crippen LogP contribution in [0.25, 0.3) is 0 Å². The molecule has 3 nitrogen and oxygen atoms in total. The van der Waals surface area contributed by atoms with Crippen molar-refractivity contribution < 1.29 is 9.53 Å². The second kappa shape index (κ2) is 7.90. The van der Waals surface area contributed by atoms with E-state index < -0.39 is 0 Å². The van der Waals surface area contributed by atoms with Crippen molar-refractivity contribution in [2.24, 2.45) is 0 Å². The van der Waals surface area contributed by atoms with Gasteiger partial charge in [0.1, 0.15) is 5.75 Å². The molecule has 1 aromatic rings. The number of carbonyl (C=O) groups is 1. The van der Waals surface area contributed by atoms with E-state index in [2.05, 4.69) is 44.1 Å². The van der Waals surface area contributed by atoms with E-state index in [1.807, 2.05) is 26.0 Å². The first-order chi connectivity index (χ1) is 8.93. The SMILES string of the molecule is CCC[C@@H](C)NC(=O)COc1c(Br)cc(C)cc1Br. The quantitative estimate of drug-likeness (QED) is 0.787. The van der Waals surface area contributed by atoms with Gasteiger partial charge < -0.3 is 10.1 Å². The van der Waals surface area contributed by atoms with Crippen LogP contribution in [-0.2, 0) is 4.79 Å². The van der Waals surface area contributed by atoms with Gasteiger partial charge in [-0.05, 0) is 69.8 Å². The van der Waals surface area contributed by atoms with Crippen molar-refractivity contribution in [1.82, 2.24) is 5.32 Å². The summed E-state index contributed by atoms with van der Waals surface area (Å²) in [4.78, 5) is 11.7. The highest BCUT2D eigenvalue weighted by Gasteiger charge is 2.11. The van der Waals surface area contributed by atoms with Crippen molar-refractivity contribution in [3.05, 3.63) is 26.6 Å². The monoisotopic (exact) mass is 391 g/mol. The zero-order chi connectivity index (χ0) is 14.4. The zero-order valence-electron chi connectivity index (χ0n) is 11.4. The van der Waals surface area contributed by atoms with Crippen molar-refractivity contribution in [3.63, 3.8) is 0 Å². The molecule has 1 rings (SSSR count). The topological polar surface area (TPSA) is 38.3 Å². The van der Waals surface area contributed by atoms with Gasteiger partial charge in [-0.25, -0.2) is 0 Å². The van der Waals surface area contributed by atoms with Gasteiger partial charge in [-0.15, -0.1) is 0 Å². The summed E-state index contributed by atoms with van der Waals surface area (Å²) in [6.45, 7) is 6.12. The Morgan fingerprint density at radius 1 is 1.37 bits per heavy atom. The molecule has 1 N–H and O–H groups in total. The van der Waals surface area contributed by atoms with Crippen LogP contribution in [0.3, 0.4) is 0 Å². The highest BCUT2D eigenvalue weighted by Crippen LogP contribution is 2.34. The van der Waals surface area contributed by atoms with Gasteiger partial charge in [-0.2, -0.15) is 0 Å². The number of hydrogen-bond donors (Lipinski definition) is 1. The third-order valence-corrected chi connectivity index (χ3v) is 3.80. The predicted octanol–water partition coefficient (Wildman–Crippen LogP) is 4.20. The summed E-state index contributed by atoms with van der Waals surface area (Å²) in [5, 5.41) is 2.91. The molecule has 1 atom stereocenters. The first kappa shape index (κ1) is 16.5. The lowest BCUT2D eigenvalue weighted by atomic mass is 10.2. The average molecular weight is 393 g/mol. The van der Waals surface area contributed by atoms with Crippen LogP contribution in [0.4, 0.5) is 0 Å². The summed E-state index contributed by atoms with van der Waals surface area (Å²) >= 11 is 6.87. The molecule has 0 fully saturated rings. The number of hydrogen-bond acceptors (Lipinski definition) is 2. The number of aryl methyl sites for hydroxylation is 1. The number of ether oxygens (including phenoxy) is 1. The summed E-state index contributed by atoms with van der Waals surface area (Å²) < 4.78 is 7.24. The Hall–Kier alpha value is -0.550. The molecule has 0 aliphatic carbocycles. The summed E-state index contributed by atoms with van der Waals surface area (Å²) in [6.07, 6.45) is 2.03.